The molecule has 3 rings (SSSR count). The van der Waals surface area contributed by atoms with E-state index in [-0.39, 0.29) is 5.91 Å². The van der Waals surface area contributed by atoms with Crippen molar-refractivity contribution in [2.24, 2.45) is 0 Å². The number of fused-ring (bicyclic) bond motifs is 1. The van der Waals surface area contributed by atoms with E-state index in [4.69, 9.17) is 0 Å². The molecule has 102 valence electrons. The first-order valence-corrected chi connectivity index (χ1v) is 7.29. The molecular formula is C16H14BrNO2. The molecule has 0 saturated carbocycles. The van der Waals surface area contributed by atoms with Crippen molar-refractivity contribution in [1.29, 1.82) is 0 Å². The number of amides is 1. The summed E-state index contributed by atoms with van der Waals surface area (Å²) in [6, 6.07) is 13.3. The van der Waals surface area contributed by atoms with Crippen molar-refractivity contribution in [1.82, 2.24) is 0 Å². The highest BCUT2D eigenvalue weighted by molar-refractivity contribution is 9.10. The Bertz CT molecular complexity index is 652. The molecule has 3 nitrogen and oxygen atoms in total. The van der Waals surface area contributed by atoms with Crippen molar-refractivity contribution in [3.05, 3.63) is 63.6 Å². The fraction of sp³-hybridized carbons (Fsp3) is 0.188. The van der Waals surface area contributed by atoms with E-state index < -0.39 is 6.10 Å². The van der Waals surface area contributed by atoms with Crippen molar-refractivity contribution in [3.8, 4) is 0 Å². The number of rotatable bonds is 2. The lowest BCUT2D eigenvalue weighted by molar-refractivity contribution is -0.116. The van der Waals surface area contributed by atoms with Gasteiger partial charge in [0.15, 0.2) is 0 Å². The third-order valence-electron chi connectivity index (χ3n) is 3.53. The molecule has 0 fully saturated rings. The number of halogens is 1. The molecule has 2 aromatic carbocycles. The third kappa shape index (κ3) is 2.62. The Balaban J connectivity index is 1.90. The molecule has 1 aliphatic heterocycles. The van der Waals surface area contributed by atoms with E-state index in [1.54, 1.807) is 0 Å². The maximum atomic E-state index is 11.3. The molecule has 2 N–H and O–H groups in total. The number of aryl methyl sites for hydroxylation is 1. The van der Waals surface area contributed by atoms with Gasteiger partial charge in [0.05, 0.1) is 0 Å². The zero-order valence-corrected chi connectivity index (χ0v) is 12.4. The van der Waals surface area contributed by atoms with Gasteiger partial charge in [-0.1, -0.05) is 40.2 Å². The largest absolute Gasteiger partial charge is 0.384 e. The second kappa shape index (κ2) is 5.38. The maximum absolute atomic E-state index is 11.3. The van der Waals surface area contributed by atoms with Gasteiger partial charge in [-0.25, -0.2) is 0 Å². The number of benzene rings is 2. The van der Waals surface area contributed by atoms with Gasteiger partial charge in [-0.15, -0.1) is 0 Å². The molecule has 1 aliphatic rings. The Kier molecular flexibility index (Phi) is 3.59. The molecule has 2 aromatic rings. The topological polar surface area (TPSA) is 49.3 Å². The summed E-state index contributed by atoms with van der Waals surface area (Å²) in [5, 5.41) is 13.3. The standard InChI is InChI=1S/C16H14BrNO2/c17-13-5-1-10(2-6-13)16(20)12-3-7-14-11(9-12)4-8-15(19)18-14/h1-3,5-7,9,16,20H,4,8H2,(H,18,19). The molecule has 0 aromatic heterocycles. The smallest absolute Gasteiger partial charge is 0.224 e. The van der Waals surface area contributed by atoms with E-state index in [0.717, 1.165) is 33.3 Å². The molecule has 20 heavy (non-hydrogen) atoms. The molecule has 1 heterocycles. The van der Waals surface area contributed by atoms with Gasteiger partial charge in [0, 0.05) is 16.6 Å². The highest BCUT2D eigenvalue weighted by atomic mass is 79.9. The average Bonchev–Trinajstić information content (AvgIpc) is 2.47. The Morgan fingerprint density at radius 1 is 1.05 bits per heavy atom. The number of anilines is 1. The van der Waals surface area contributed by atoms with E-state index >= 15 is 0 Å². The monoisotopic (exact) mass is 331 g/mol. The summed E-state index contributed by atoms with van der Waals surface area (Å²) < 4.78 is 0.988. The average molecular weight is 332 g/mol. The van der Waals surface area contributed by atoms with E-state index in [0.29, 0.717) is 6.42 Å². The molecule has 0 aliphatic carbocycles. The lowest BCUT2D eigenvalue weighted by Gasteiger charge is -2.19. The van der Waals surface area contributed by atoms with Crippen LogP contribution in [0.1, 0.15) is 29.2 Å². The van der Waals surface area contributed by atoms with Gasteiger partial charge in [0.25, 0.3) is 0 Å². The highest BCUT2D eigenvalue weighted by Crippen LogP contribution is 2.29. The van der Waals surface area contributed by atoms with Gasteiger partial charge in [-0.2, -0.15) is 0 Å². The third-order valence-corrected chi connectivity index (χ3v) is 4.05. The van der Waals surface area contributed by atoms with Gasteiger partial charge < -0.3 is 10.4 Å². The fourth-order valence-corrected chi connectivity index (χ4v) is 2.68. The number of carbonyl (C=O) groups excluding carboxylic acids is 1. The summed E-state index contributed by atoms with van der Waals surface area (Å²) in [7, 11) is 0. The number of aliphatic hydroxyl groups is 1. The van der Waals surface area contributed by atoms with Crippen LogP contribution in [-0.4, -0.2) is 11.0 Å². The van der Waals surface area contributed by atoms with Crippen molar-refractivity contribution < 1.29 is 9.90 Å². The van der Waals surface area contributed by atoms with Crippen LogP contribution in [0.25, 0.3) is 0 Å². The quantitative estimate of drug-likeness (QED) is 0.885. The Labute approximate surface area is 125 Å². The van der Waals surface area contributed by atoms with Gasteiger partial charge in [-0.3, -0.25) is 4.79 Å². The van der Waals surface area contributed by atoms with Gasteiger partial charge in [0.1, 0.15) is 6.10 Å². The Morgan fingerprint density at radius 2 is 1.75 bits per heavy atom. The summed E-state index contributed by atoms with van der Waals surface area (Å²) in [5.41, 5.74) is 3.64. The summed E-state index contributed by atoms with van der Waals surface area (Å²) >= 11 is 3.38. The van der Waals surface area contributed by atoms with Crippen molar-refractivity contribution in [2.75, 3.05) is 5.32 Å². The molecule has 4 heteroatoms. The predicted molar refractivity (Wildman–Crippen MR) is 81.6 cm³/mol. The first kappa shape index (κ1) is 13.3. The molecule has 0 spiro atoms. The molecule has 1 amide bonds. The van der Waals surface area contributed by atoms with E-state index in [9.17, 15) is 9.90 Å². The SMILES string of the molecule is O=C1CCc2cc(C(O)c3ccc(Br)cc3)ccc2N1. The van der Waals surface area contributed by atoms with E-state index in [1.807, 2.05) is 42.5 Å². The van der Waals surface area contributed by atoms with Crippen molar-refractivity contribution in [2.45, 2.75) is 18.9 Å². The Hall–Kier alpha value is -1.65. The van der Waals surface area contributed by atoms with Crippen LogP contribution >= 0.6 is 15.9 Å². The molecule has 0 bridgehead atoms. The number of hydrogen-bond donors (Lipinski definition) is 2. The summed E-state index contributed by atoms with van der Waals surface area (Å²) in [6.45, 7) is 0. The zero-order chi connectivity index (χ0) is 14.1. The van der Waals surface area contributed by atoms with Crippen LogP contribution in [-0.2, 0) is 11.2 Å². The normalized spacial score (nSPS) is 15.4. The lowest BCUT2D eigenvalue weighted by atomic mass is 9.95. The molecule has 0 radical (unpaired) electrons. The minimum atomic E-state index is -0.647. The maximum Gasteiger partial charge on any atom is 0.224 e. The second-order valence-electron chi connectivity index (χ2n) is 4.92. The first-order valence-electron chi connectivity index (χ1n) is 6.50. The number of aliphatic hydroxyl groups excluding tert-OH is 1. The van der Waals surface area contributed by atoms with Crippen LogP contribution in [0.4, 0.5) is 5.69 Å². The predicted octanol–water partition coefficient (Wildman–Crippen LogP) is 3.42. The van der Waals surface area contributed by atoms with Gasteiger partial charge in [-0.05, 0) is 41.3 Å². The minimum absolute atomic E-state index is 0.0544. The van der Waals surface area contributed by atoms with E-state index in [2.05, 4.69) is 21.2 Å². The van der Waals surface area contributed by atoms with Crippen molar-refractivity contribution in [3.63, 3.8) is 0 Å². The molecule has 1 unspecified atom stereocenters. The molecule has 1 atom stereocenters. The lowest BCUT2D eigenvalue weighted by Crippen LogP contribution is -2.19. The summed E-state index contributed by atoms with van der Waals surface area (Å²) in [5.74, 6) is 0.0544. The van der Waals surface area contributed by atoms with Crippen LogP contribution in [0.3, 0.4) is 0 Å². The zero-order valence-electron chi connectivity index (χ0n) is 10.8. The molecule has 0 saturated heterocycles. The number of carbonyl (C=O) groups is 1. The van der Waals surface area contributed by atoms with Crippen LogP contribution in [0, 0.1) is 0 Å². The van der Waals surface area contributed by atoms with Crippen molar-refractivity contribution >= 4 is 27.5 Å². The summed E-state index contributed by atoms with van der Waals surface area (Å²) in [6.07, 6.45) is 0.582. The second-order valence-corrected chi connectivity index (χ2v) is 5.83. The van der Waals surface area contributed by atoms with Crippen LogP contribution in [0.5, 0.6) is 0 Å². The first-order chi connectivity index (χ1) is 9.63. The highest BCUT2D eigenvalue weighted by Gasteiger charge is 2.17. The molecular weight excluding hydrogens is 318 g/mol. The number of hydrogen-bond acceptors (Lipinski definition) is 2. The number of nitrogens with one attached hydrogen (secondary N) is 1. The Morgan fingerprint density at radius 3 is 2.50 bits per heavy atom. The van der Waals surface area contributed by atoms with Gasteiger partial charge >= 0.3 is 0 Å². The van der Waals surface area contributed by atoms with Crippen LogP contribution < -0.4 is 5.32 Å². The van der Waals surface area contributed by atoms with Crippen LogP contribution in [0.2, 0.25) is 0 Å². The van der Waals surface area contributed by atoms with E-state index in [1.165, 1.54) is 0 Å². The summed E-state index contributed by atoms with van der Waals surface area (Å²) in [4.78, 5) is 11.3. The fourth-order valence-electron chi connectivity index (χ4n) is 2.41. The minimum Gasteiger partial charge on any atom is -0.384 e. The van der Waals surface area contributed by atoms with Gasteiger partial charge in [0.2, 0.25) is 5.91 Å². The van der Waals surface area contributed by atoms with Crippen LogP contribution in [0.15, 0.2) is 46.9 Å².